The Hall–Kier alpha value is 0.603. The number of nitrogens with two attached hydrogens (primary N) is 1. The Labute approximate surface area is 67.8 Å². The van der Waals surface area contributed by atoms with Crippen molar-refractivity contribution in [3.8, 4) is 0 Å². The van der Waals surface area contributed by atoms with Gasteiger partial charge in [-0.15, -0.1) is 4.52 Å². The summed E-state index contributed by atoms with van der Waals surface area (Å²) in [6, 6.07) is 0. The van der Waals surface area contributed by atoms with Crippen molar-refractivity contribution < 1.29 is 33.2 Å². The van der Waals surface area contributed by atoms with Crippen LogP contribution in [0.2, 0.25) is 0 Å². The van der Waals surface area contributed by atoms with Crippen LogP contribution < -0.4 is 5.90 Å². The van der Waals surface area contributed by atoms with Crippen molar-refractivity contribution in [1.29, 1.82) is 0 Å². The zero-order valence-electron chi connectivity index (χ0n) is 5.37. The van der Waals surface area contributed by atoms with Gasteiger partial charge in [0.1, 0.15) is 6.61 Å². The Kier molecular flexibility index (Phi) is 11.8. The van der Waals surface area contributed by atoms with E-state index in [1.165, 1.54) is 0 Å². The molecule has 4 nitrogen and oxygen atoms in total. The standard InChI is InChI=1S/C3H9NO3P.Zn/c1-2-3-6-8(5)7-4;/h2-4H2,1H3;/q+1;. The van der Waals surface area contributed by atoms with E-state index in [2.05, 4.69) is 15.0 Å². The van der Waals surface area contributed by atoms with Crippen molar-refractivity contribution in [1.82, 2.24) is 0 Å². The predicted molar refractivity (Wildman–Crippen MR) is 29.1 cm³/mol. The van der Waals surface area contributed by atoms with Crippen LogP contribution in [0.4, 0.5) is 0 Å². The van der Waals surface area contributed by atoms with E-state index in [0.717, 1.165) is 6.42 Å². The van der Waals surface area contributed by atoms with Crippen LogP contribution in [0.15, 0.2) is 0 Å². The molecule has 50 valence electrons. The Morgan fingerprint density at radius 1 is 1.67 bits per heavy atom. The average Bonchev–Trinajstić information content (AvgIpc) is 1.83. The van der Waals surface area contributed by atoms with E-state index < -0.39 is 8.25 Å². The second-order valence-corrected chi connectivity index (χ2v) is 2.08. The number of hydrogen-bond acceptors (Lipinski definition) is 4. The third-order valence-corrected chi connectivity index (χ3v) is 1.05. The van der Waals surface area contributed by atoms with Crippen molar-refractivity contribution in [2.45, 2.75) is 13.3 Å². The van der Waals surface area contributed by atoms with Gasteiger partial charge < -0.3 is 0 Å². The van der Waals surface area contributed by atoms with Crippen molar-refractivity contribution >= 4 is 8.25 Å². The van der Waals surface area contributed by atoms with Crippen LogP contribution in [0.1, 0.15) is 13.3 Å². The van der Waals surface area contributed by atoms with E-state index in [0.29, 0.717) is 6.61 Å². The summed E-state index contributed by atoms with van der Waals surface area (Å²) in [6.07, 6.45) is 0.810. The van der Waals surface area contributed by atoms with E-state index in [4.69, 9.17) is 0 Å². The van der Waals surface area contributed by atoms with Gasteiger partial charge in [0.15, 0.2) is 0 Å². The molecule has 0 aromatic rings. The van der Waals surface area contributed by atoms with Crippen molar-refractivity contribution in [2.24, 2.45) is 5.90 Å². The minimum Gasteiger partial charge on any atom is -0.162 e. The molecule has 0 aromatic heterocycles. The molecule has 2 N–H and O–H groups in total. The Bertz CT molecular complexity index is 81.5. The fourth-order valence-electron chi connectivity index (χ4n) is 0.196. The van der Waals surface area contributed by atoms with Gasteiger partial charge in [-0.1, -0.05) is 6.92 Å². The SMILES string of the molecule is CCCO[P+](=O)ON.[Zn]. The summed E-state index contributed by atoms with van der Waals surface area (Å²) in [6.45, 7) is 2.33. The molecule has 0 aliphatic rings. The van der Waals surface area contributed by atoms with Crippen molar-refractivity contribution in [3.05, 3.63) is 0 Å². The van der Waals surface area contributed by atoms with Crippen molar-refractivity contribution in [2.75, 3.05) is 6.61 Å². The molecule has 1 atom stereocenters. The molecule has 0 fully saturated rings. The second kappa shape index (κ2) is 8.60. The average molecular weight is 203 g/mol. The molecule has 0 spiro atoms. The first-order chi connectivity index (χ1) is 3.81. The first-order valence-electron chi connectivity index (χ1n) is 2.28. The van der Waals surface area contributed by atoms with Gasteiger partial charge in [0, 0.05) is 24.0 Å². The van der Waals surface area contributed by atoms with Gasteiger partial charge in [-0.2, -0.15) is 5.90 Å². The normalized spacial score (nSPS) is 10.2. The minimum absolute atomic E-state index is 0. The van der Waals surface area contributed by atoms with Gasteiger partial charge in [-0.3, -0.25) is 0 Å². The molecule has 0 aromatic carbocycles. The van der Waals surface area contributed by atoms with Crippen LogP contribution in [0.3, 0.4) is 0 Å². The summed E-state index contributed by atoms with van der Waals surface area (Å²) in [5, 5.41) is 0. The molecule has 0 aliphatic carbocycles. The zero-order chi connectivity index (χ0) is 6.41. The summed E-state index contributed by atoms with van der Waals surface area (Å²) in [4.78, 5) is 0. The van der Waals surface area contributed by atoms with Crippen LogP contribution in [0.5, 0.6) is 0 Å². The topological polar surface area (TPSA) is 61.5 Å². The van der Waals surface area contributed by atoms with E-state index >= 15 is 0 Å². The van der Waals surface area contributed by atoms with Crippen LogP contribution >= 0.6 is 8.25 Å². The summed E-state index contributed by atoms with van der Waals surface area (Å²) in [5.41, 5.74) is 0. The molecule has 0 amide bonds. The van der Waals surface area contributed by atoms with Crippen LogP contribution in [0.25, 0.3) is 0 Å². The smallest absolute Gasteiger partial charge is 0.162 e. The predicted octanol–water partition coefficient (Wildman–Crippen LogP) is 0.958. The fraction of sp³-hybridized carbons (Fsp3) is 1.00. The van der Waals surface area contributed by atoms with E-state index in [9.17, 15) is 4.57 Å². The van der Waals surface area contributed by atoms with Gasteiger partial charge in [0.05, 0.1) is 0 Å². The maximum absolute atomic E-state index is 10.1. The van der Waals surface area contributed by atoms with Gasteiger partial charge in [-0.05, 0) is 11.0 Å². The van der Waals surface area contributed by atoms with Crippen LogP contribution in [0, 0.1) is 0 Å². The van der Waals surface area contributed by atoms with Crippen molar-refractivity contribution in [3.63, 3.8) is 0 Å². The molecule has 0 rings (SSSR count). The summed E-state index contributed by atoms with van der Waals surface area (Å²) >= 11 is 0. The summed E-state index contributed by atoms with van der Waals surface area (Å²) in [7, 11) is -2.06. The Morgan fingerprint density at radius 3 is 2.56 bits per heavy atom. The zero-order valence-corrected chi connectivity index (χ0v) is 9.23. The molecule has 0 heterocycles. The molecule has 0 bridgehead atoms. The molecule has 1 unspecified atom stereocenters. The second-order valence-electron chi connectivity index (χ2n) is 1.16. The molecule has 0 saturated carbocycles. The molecule has 0 radical (unpaired) electrons. The minimum atomic E-state index is -2.06. The van der Waals surface area contributed by atoms with Gasteiger partial charge in [-0.25, -0.2) is 0 Å². The summed E-state index contributed by atoms with van der Waals surface area (Å²) < 4.78 is 18.5. The third kappa shape index (κ3) is 8.60. The molecule has 0 aliphatic heterocycles. The number of rotatable bonds is 4. The first kappa shape index (κ1) is 12.3. The fourth-order valence-corrected chi connectivity index (χ4v) is 0.589. The largest absolute Gasteiger partial charge is 0.716 e. The monoisotopic (exact) mass is 202 g/mol. The van der Waals surface area contributed by atoms with E-state index in [-0.39, 0.29) is 19.5 Å². The quantitative estimate of drug-likeness (QED) is 0.420. The maximum Gasteiger partial charge on any atom is 0.716 e. The summed E-state index contributed by atoms with van der Waals surface area (Å²) in [5.74, 6) is 4.50. The Morgan fingerprint density at radius 2 is 2.22 bits per heavy atom. The molecule has 0 saturated heterocycles. The Balaban J connectivity index is 0. The van der Waals surface area contributed by atoms with Crippen LogP contribution in [-0.4, -0.2) is 6.61 Å². The molecule has 9 heavy (non-hydrogen) atoms. The van der Waals surface area contributed by atoms with E-state index in [1.54, 1.807) is 0 Å². The van der Waals surface area contributed by atoms with Gasteiger partial charge in [0.2, 0.25) is 0 Å². The molecule has 6 heteroatoms. The maximum atomic E-state index is 10.1. The molecular weight excluding hydrogens is 194 g/mol. The molecular formula is C3H9NO3PZn+. The van der Waals surface area contributed by atoms with Gasteiger partial charge >= 0.3 is 8.25 Å². The number of hydrogen-bond donors (Lipinski definition) is 1. The van der Waals surface area contributed by atoms with Gasteiger partial charge in [0.25, 0.3) is 0 Å². The first-order valence-corrected chi connectivity index (χ1v) is 3.37. The van der Waals surface area contributed by atoms with E-state index in [1.807, 2.05) is 6.92 Å². The van der Waals surface area contributed by atoms with Crippen LogP contribution in [-0.2, 0) is 33.2 Å². The third-order valence-electron chi connectivity index (χ3n) is 0.487.